The molecule has 3 aromatic rings. The number of carbonyl (C=O) groups excluding carboxylic acids is 4. The van der Waals surface area contributed by atoms with Gasteiger partial charge in [0.05, 0.1) is 26.1 Å². The van der Waals surface area contributed by atoms with Gasteiger partial charge in [0.25, 0.3) is 5.91 Å². The molecule has 1 unspecified atom stereocenters. The van der Waals surface area contributed by atoms with Crippen LogP contribution < -0.4 is 26.0 Å². The molecule has 0 radical (unpaired) electrons. The molecular weight excluding hydrogens is 560 g/mol. The Kier molecular flexibility index (Phi) is 12.3. The van der Waals surface area contributed by atoms with Crippen LogP contribution in [0, 0.1) is 26.7 Å². The number of hydrogen-bond acceptors (Lipinski definition) is 6. The lowest BCUT2D eigenvalue weighted by atomic mass is 9.96. The van der Waals surface area contributed by atoms with Gasteiger partial charge in [0.2, 0.25) is 5.91 Å². The van der Waals surface area contributed by atoms with Crippen molar-refractivity contribution in [3.63, 3.8) is 0 Å². The average Bonchev–Trinajstić information content (AvgIpc) is 2.99. The second-order valence-corrected chi connectivity index (χ2v) is 11.1. The third-order valence-corrected chi connectivity index (χ3v) is 7.07. The zero-order valence-corrected chi connectivity index (χ0v) is 26.2. The van der Waals surface area contributed by atoms with E-state index in [1.54, 1.807) is 30.3 Å². The SMILES string of the molecule is COC(=O)Cc1cccc(NC(=O)NCC(=O)NC(CC(C)C)c2ccccc2OCC(=O)Nc2c(C)ccc(C)c2C)c1. The number of ether oxygens (including phenoxy) is 2. The Morgan fingerprint density at radius 2 is 1.57 bits per heavy atom. The number of carbonyl (C=O) groups is 4. The van der Waals surface area contributed by atoms with E-state index in [1.807, 2.05) is 65.0 Å². The molecule has 0 spiro atoms. The highest BCUT2D eigenvalue weighted by Gasteiger charge is 2.21. The minimum Gasteiger partial charge on any atom is -0.483 e. The molecular formula is C34H42N4O6. The van der Waals surface area contributed by atoms with Crippen LogP contribution in [0.4, 0.5) is 16.2 Å². The predicted molar refractivity (Wildman–Crippen MR) is 171 cm³/mol. The molecule has 0 aromatic heterocycles. The Morgan fingerprint density at radius 1 is 0.841 bits per heavy atom. The number of amides is 4. The molecule has 0 heterocycles. The Labute approximate surface area is 258 Å². The molecule has 4 N–H and O–H groups in total. The van der Waals surface area contributed by atoms with Crippen LogP contribution in [0.5, 0.6) is 5.75 Å². The van der Waals surface area contributed by atoms with Gasteiger partial charge in [-0.15, -0.1) is 0 Å². The predicted octanol–water partition coefficient (Wildman–Crippen LogP) is 5.37. The molecule has 3 aromatic carbocycles. The summed E-state index contributed by atoms with van der Waals surface area (Å²) in [5.41, 5.74) is 5.73. The van der Waals surface area contributed by atoms with Crippen molar-refractivity contribution >= 4 is 35.2 Å². The molecule has 1 atom stereocenters. The first-order valence-electron chi connectivity index (χ1n) is 14.5. The fourth-order valence-corrected chi connectivity index (χ4v) is 4.68. The second-order valence-electron chi connectivity index (χ2n) is 11.1. The maximum atomic E-state index is 12.9. The number of benzene rings is 3. The lowest BCUT2D eigenvalue weighted by molar-refractivity contribution is -0.139. The first-order chi connectivity index (χ1) is 21.0. The molecule has 10 nitrogen and oxygen atoms in total. The zero-order valence-electron chi connectivity index (χ0n) is 26.2. The number of rotatable bonds is 13. The quantitative estimate of drug-likeness (QED) is 0.194. The summed E-state index contributed by atoms with van der Waals surface area (Å²) in [5.74, 6) is -0.335. The highest BCUT2D eigenvalue weighted by Crippen LogP contribution is 2.30. The lowest BCUT2D eigenvalue weighted by Crippen LogP contribution is -2.40. The number of hydrogen-bond donors (Lipinski definition) is 4. The minimum absolute atomic E-state index is 0.0786. The van der Waals surface area contributed by atoms with Crippen molar-refractivity contribution in [2.45, 2.75) is 53.5 Å². The minimum atomic E-state index is -0.565. The average molecular weight is 603 g/mol. The summed E-state index contributed by atoms with van der Waals surface area (Å²) in [4.78, 5) is 49.8. The number of urea groups is 1. The van der Waals surface area contributed by atoms with Gasteiger partial charge in [0.1, 0.15) is 5.75 Å². The molecule has 0 fully saturated rings. The van der Waals surface area contributed by atoms with Gasteiger partial charge in [-0.2, -0.15) is 0 Å². The summed E-state index contributed by atoms with van der Waals surface area (Å²) >= 11 is 0. The van der Waals surface area contributed by atoms with Gasteiger partial charge < -0.3 is 30.7 Å². The van der Waals surface area contributed by atoms with Crippen LogP contribution in [0.15, 0.2) is 60.7 Å². The highest BCUT2D eigenvalue weighted by atomic mass is 16.5. The summed E-state index contributed by atoms with van der Waals surface area (Å²) in [6.45, 7) is 9.54. The number of nitrogens with one attached hydrogen (secondary N) is 4. The highest BCUT2D eigenvalue weighted by molar-refractivity contribution is 5.94. The monoisotopic (exact) mass is 602 g/mol. The Bertz CT molecular complexity index is 1490. The van der Waals surface area contributed by atoms with Crippen LogP contribution in [0.1, 0.15) is 54.1 Å². The van der Waals surface area contributed by atoms with E-state index in [2.05, 4.69) is 26.0 Å². The van der Waals surface area contributed by atoms with E-state index in [0.29, 0.717) is 23.4 Å². The van der Waals surface area contributed by atoms with Gasteiger partial charge in [0.15, 0.2) is 6.61 Å². The van der Waals surface area contributed by atoms with E-state index in [-0.39, 0.29) is 43.3 Å². The van der Waals surface area contributed by atoms with Crippen LogP contribution in [0.2, 0.25) is 0 Å². The number of aryl methyl sites for hydroxylation is 2. The molecule has 10 heteroatoms. The molecule has 0 aliphatic carbocycles. The third kappa shape index (κ3) is 10.1. The van der Waals surface area contributed by atoms with E-state index in [0.717, 1.165) is 27.9 Å². The van der Waals surface area contributed by atoms with Crippen molar-refractivity contribution in [1.29, 1.82) is 0 Å². The van der Waals surface area contributed by atoms with Gasteiger partial charge in [-0.1, -0.05) is 56.3 Å². The zero-order chi connectivity index (χ0) is 32.2. The number of methoxy groups -OCH3 is 1. The normalized spacial score (nSPS) is 11.3. The molecule has 0 saturated carbocycles. The van der Waals surface area contributed by atoms with Gasteiger partial charge in [-0.25, -0.2) is 4.79 Å². The smallest absolute Gasteiger partial charge is 0.319 e. The second kappa shape index (κ2) is 16.1. The first kappa shape index (κ1) is 33.6. The number of anilines is 2. The molecule has 4 amide bonds. The Hall–Kier alpha value is -4.86. The summed E-state index contributed by atoms with van der Waals surface area (Å²) in [7, 11) is 1.31. The van der Waals surface area contributed by atoms with Crippen LogP contribution >= 0.6 is 0 Å². The largest absolute Gasteiger partial charge is 0.483 e. The summed E-state index contributed by atoms with van der Waals surface area (Å²) in [6.07, 6.45) is 0.689. The van der Waals surface area contributed by atoms with Crippen molar-refractivity contribution in [1.82, 2.24) is 10.6 Å². The first-order valence-corrected chi connectivity index (χ1v) is 14.5. The van der Waals surface area contributed by atoms with E-state index >= 15 is 0 Å². The van der Waals surface area contributed by atoms with Crippen molar-refractivity contribution in [2.24, 2.45) is 5.92 Å². The van der Waals surface area contributed by atoms with Gasteiger partial charge in [-0.3, -0.25) is 14.4 Å². The van der Waals surface area contributed by atoms with Gasteiger partial charge in [-0.05, 0) is 73.6 Å². The topological polar surface area (TPSA) is 135 Å². The summed E-state index contributed by atoms with van der Waals surface area (Å²) in [6, 6.07) is 17.1. The summed E-state index contributed by atoms with van der Waals surface area (Å²) < 4.78 is 10.6. The maximum absolute atomic E-state index is 12.9. The van der Waals surface area contributed by atoms with Crippen LogP contribution in [-0.4, -0.2) is 44.1 Å². The van der Waals surface area contributed by atoms with Crippen molar-refractivity contribution < 1.29 is 28.7 Å². The van der Waals surface area contributed by atoms with Crippen molar-refractivity contribution in [3.8, 4) is 5.75 Å². The van der Waals surface area contributed by atoms with Crippen LogP contribution in [0.3, 0.4) is 0 Å². The van der Waals surface area contributed by atoms with E-state index < -0.39 is 12.1 Å². The standard InChI is InChI=1S/C34H42N4O6/c1-21(2)16-28(37-30(39)19-35-34(42)36-26-11-9-10-25(17-26)18-32(41)43-6)27-12-7-8-13-29(27)44-20-31(40)38-33-23(4)15-14-22(3)24(33)5/h7-15,17,21,28H,16,18-20H2,1-6H3,(H,37,39)(H,38,40)(H2,35,36,42). The Morgan fingerprint density at radius 3 is 2.30 bits per heavy atom. The Balaban J connectivity index is 1.61. The van der Waals surface area contributed by atoms with E-state index in [1.165, 1.54) is 7.11 Å². The molecule has 0 aliphatic rings. The molecule has 3 rings (SSSR count). The lowest BCUT2D eigenvalue weighted by Gasteiger charge is -2.24. The van der Waals surface area contributed by atoms with E-state index in [4.69, 9.17) is 4.74 Å². The number of esters is 1. The molecule has 0 bridgehead atoms. The van der Waals surface area contributed by atoms with Gasteiger partial charge >= 0.3 is 12.0 Å². The van der Waals surface area contributed by atoms with Crippen molar-refractivity contribution in [2.75, 3.05) is 30.9 Å². The van der Waals surface area contributed by atoms with Crippen LogP contribution in [0.25, 0.3) is 0 Å². The van der Waals surface area contributed by atoms with E-state index in [9.17, 15) is 19.2 Å². The van der Waals surface area contributed by atoms with Gasteiger partial charge in [0, 0.05) is 16.9 Å². The molecule has 0 saturated heterocycles. The molecule has 44 heavy (non-hydrogen) atoms. The third-order valence-electron chi connectivity index (χ3n) is 7.07. The van der Waals surface area contributed by atoms with Crippen molar-refractivity contribution in [3.05, 3.63) is 88.5 Å². The molecule has 234 valence electrons. The maximum Gasteiger partial charge on any atom is 0.319 e. The number of para-hydroxylation sites is 1. The fraction of sp³-hybridized carbons (Fsp3) is 0.353. The summed E-state index contributed by atoms with van der Waals surface area (Å²) in [5, 5.41) is 11.2. The van der Waals surface area contributed by atoms with Crippen LogP contribution in [-0.2, 0) is 25.5 Å². The fourth-order valence-electron chi connectivity index (χ4n) is 4.68. The molecule has 0 aliphatic heterocycles.